The molecule has 0 bridgehead atoms. The van der Waals surface area contributed by atoms with E-state index in [1.54, 1.807) is 11.7 Å². The third-order valence-corrected chi connectivity index (χ3v) is 4.53. The van der Waals surface area contributed by atoms with Crippen LogP contribution in [0.4, 0.5) is 0 Å². The van der Waals surface area contributed by atoms with E-state index in [9.17, 15) is 4.79 Å². The molecule has 1 saturated heterocycles. The van der Waals surface area contributed by atoms with Gasteiger partial charge < -0.3 is 10.1 Å². The fourth-order valence-electron chi connectivity index (χ4n) is 2.35. The van der Waals surface area contributed by atoms with Gasteiger partial charge in [-0.15, -0.1) is 21.5 Å². The van der Waals surface area contributed by atoms with E-state index in [-0.39, 0.29) is 5.91 Å². The standard InChI is InChI=1S/C15H22N6O2S/c1-11(2)7-16-14(22)12-9-24-15(18-12)21-10-17-19-13(21)8-20-3-5-23-6-4-20/h9-11H,3-8H2,1-2H3,(H,16,22). The molecule has 1 aliphatic heterocycles. The van der Waals surface area contributed by atoms with Crippen LogP contribution in [0.1, 0.15) is 30.2 Å². The average molecular weight is 350 g/mol. The van der Waals surface area contributed by atoms with Gasteiger partial charge in [0.1, 0.15) is 12.0 Å². The molecule has 1 fully saturated rings. The van der Waals surface area contributed by atoms with Crippen LogP contribution < -0.4 is 5.32 Å². The van der Waals surface area contributed by atoms with Crippen LogP contribution >= 0.6 is 11.3 Å². The zero-order chi connectivity index (χ0) is 16.9. The molecular weight excluding hydrogens is 328 g/mol. The Morgan fingerprint density at radius 3 is 2.96 bits per heavy atom. The topological polar surface area (TPSA) is 85.2 Å². The van der Waals surface area contributed by atoms with Gasteiger partial charge in [-0.1, -0.05) is 13.8 Å². The lowest BCUT2D eigenvalue weighted by Crippen LogP contribution is -2.36. The second-order valence-electron chi connectivity index (χ2n) is 6.12. The molecule has 0 radical (unpaired) electrons. The minimum atomic E-state index is -0.144. The van der Waals surface area contributed by atoms with Gasteiger partial charge in [-0.05, 0) is 5.92 Å². The third kappa shape index (κ3) is 4.16. The smallest absolute Gasteiger partial charge is 0.270 e. The van der Waals surface area contributed by atoms with E-state index in [1.165, 1.54) is 11.3 Å². The van der Waals surface area contributed by atoms with Gasteiger partial charge >= 0.3 is 0 Å². The predicted octanol–water partition coefficient (Wildman–Crippen LogP) is 0.942. The van der Waals surface area contributed by atoms with Crippen molar-refractivity contribution in [3.63, 3.8) is 0 Å². The van der Waals surface area contributed by atoms with Crippen molar-refractivity contribution in [2.75, 3.05) is 32.8 Å². The Bertz CT molecular complexity index is 677. The van der Waals surface area contributed by atoms with Gasteiger partial charge in [0.15, 0.2) is 11.0 Å². The lowest BCUT2D eigenvalue weighted by atomic mass is 10.2. The van der Waals surface area contributed by atoms with Gasteiger partial charge in [-0.3, -0.25) is 14.3 Å². The summed E-state index contributed by atoms with van der Waals surface area (Å²) in [7, 11) is 0. The molecule has 1 aliphatic rings. The van der Waals surface area contributed by atoms with E-state index in [1.807, 2.05) is 4.57 Å². The van der Waals surface area contributed by atoms with Gasteiger partial charge in [0.25, 0.3) is 5.91 Å². The highest BCUT2D eigenvalue weighted by molar-refractivity contribution is 7.12. The first kappa shape index (κ1) is 17.0. The molecule has 2 aromatic heterocycles. The van der Waals surface area contributed by atoms with Crippen LogP contribution in [0.25, 0.3) is 5.13 Å². The lowest BCUT2D eigenvalue weighted by Gasteiger charge is -2.25. The maximum Gasteiger partial charge on any atom is 0.270 e. The van der Waals surface area contributed by atoms with Crippen molar-refractivity contribution in [3.8, 4) is 5.13 Å². The second kappa shape index (κ2) is 7.82. The van der Waals surface area contributed by atoms with Gasteiger partial charge in [0, 0.05) is 25.0 Å². The molecule has 130 valence electrons. The Balaban J connectivity index is 1.69. The summed E-state index contributed by atoms with van der Waals surface area (Å²) in [5.41, 5.74) is 0.432. The first-order chi connectivity index (χ1) is 11.6. The number of morpholine rings is 1. The maximum absolute atomic E-state index is 12.1. The van der Waals surface area contributed by atoms with Crippen LogP contribution in [0.15, 0.2) is 11.7 Å². The number of nitrogens with one attached hydrogen (secondary N) is 1. The molecule has 9 heteroatoms. The molecule has 0 aromatic carbocycles. The number of thiazole rings is 1. The molecule has 0 unspecified atom stereocenters. The van der Waals surface area contributed by atoms with Crippen molar-refractivity contribution in [3.05, 3.63) is 23.2 Å². The first-order valence-electron chi connectivity index (χ1n) is 8.06. The van der Waals surface area contributed by atoms with Crippen LogP contribution in [0, 0.1) is 5.92 Å². The molecule has 1 N–H and O–H groups in total. The van der Waals surface area contributed by atoms with Crippen molar-refractivity contribution in [1.82, 2.24) is 30.0 Å². The molecule has 0 spiro atoms. The van der Waals surface area contributed by atoms with Gasteiger partial charge in [0.05, 0.1) is 19.8 Å². The molecule has 0 aliphatic carbocycles. The molecule has 8 nitrogen and oxygen atoms in total. The van der Waals surface area contributed by atoms with Gasteiger partial charge in [-0.2, -0.15) is 0 Å². The van der Waals surface area contributed by atoms with Crippen molar-refractivity contribution in [1.29, 1.82) is 0 Å². The monoisotopic (exact) mass is 350 g/mol. The van der Waals surface area contributed by atoms with E-state index < -0.39 is 0 Å². The highest BCUT2D eigenvalue weighted by atomic mass is 32.1. The number of carbonyl (C=O) groups excluding carboxylic acids is 1. The fourth-order valence-corrected chi connectivity index (χ4v) is 3.15. The summed E-state index contributed by atoms with van der Waals surface area (Å²) in [5.74, 6) is 1.08. The third-order valence-electron chi connectivity index (χ3n) is 3.69. The zero-order valence-corrected chi connectivity index (χ0v) is 14.8. The van der Waals surface area contributed by atoms with Crippen molar-refractivity contribution < 1.29 is 9.53 Å². The zero-order valence-electron chi connectivity index (χ0n) is 13.9. The second-order valence-corrected chi connectivity index (χ2v) is 6.96. The Hall–Kier alpha value is -1.84. The number of hydrogen-bond acceptors (Lipinski definition) is 7. The van der Waals surface area contributed by atoms with E-state index in [0.29, 0.717) is 29.8 Å². The van der Waals surface area contributed by atoms with Gasteiger partial charge in [0.2, 0.25) is 0 Å². The predicted molar refractivity (Wildman–Crippen MR) is 90.3 cm³/mol. The van der Waals surface area contributed by atoms with E-state index in [4.69, 9.17) is 4.74 Å². The number of amides is 1. The molecule has 24 heavy (non-hydrogen) atoms. The van der Waals surface area contributed by atoms with Crippen LogP contribution in [-0.2, 0) is 11.3 Å². The minimum absolute atomic E-state index is 0.144. The van der Waals surface area contributed by atoms with Crippen LogP contribution in [-0.4, -0.2) is 63.4 Å². The summed E-state index contributed by atoms with van der Waals surface area (Å²) in [6.45, 7) is 8.69. The Kier molecular flexibility index (Phi) is 5.54. The minimum Gasteiger partial charge on any atom is -0.379 e. The van der Waals surface area contributed by atoms with E-state index in [0.717, 1.165) is 32.1 Å². The number of aromatic nitrogens is 4. The van der Waals surface area contributed by atoms with E-state index in [2.05, 4.69) is 39.2 Å². The van der Waals surface area contributed by atoms with Gasteiger partial charge in [-0.25, -0.2) is 4.98 Å². The maximum atomic E-state index is 12.1. The quantitative estimate of drug-likeness (QED) is 0.835. The molecule has 1 amide bonds. The molecule has 3 heterocycles. The number of rotatable bonds is 6. The fraction of sp³-hybridized carbons (Fsp3) is 0.600. The largest absolute Gasteiger partial charge is 0.379 e. The molecule has 0 atom stereocenters. The van der Waals surface area contributed by atoms with Crippen LogP contribution in [0.5, 0.6) is 0 Å². The average Bonchev–Trinajstić information content (AvgIpc) is 3.22. The van der Waals surface area contributed by atoms with Crippen molar-refractivity contribution in [2.45, 2.75) is 20.4 Å². The highest BCUT2D eigenvalue weighted by Crippen LogP contribution is 2.17. The highest BCUT2D eigenvalue weighted by Gasteiger charge is 2.18. The molecular formula is C15H22N6O2S. The van der Waals surface area contributed by atoms with Crippen LogP contribution in [0.2, 0.25) is 0 Å². The first-order valence-corrected chi connectivity index (χ1v) is 8.94. The SMILES string of the molecule is CC(C)CNC(=O)c1csc(-n2cnnc2CN2CCOCC2)n1. The number of nitrogens with zero attached hydrogens (tertiary/aromatic N) is 5. The van der Waals surface area contributed by atoms with Crippen molar-refractivity contribution >= 4 is 17.2 Å². The Morgan fingerprint density at radius 2 is 2.21 bits per heavy atom. The number of hydrogen-bond donors (Lipinski definition) is 1. The normalized spacial score (nSPS) is 15.8. The molecule has 2 aromatic rings. The summed E-state index contributed by atoms with van der Waals surface area (Å²) < 4.78 is 7.21. The Morgan fingerprint density at radius 1 is 1.42 bits per heavy atom. The molecule has 0 saturated carbocycles. The Labute approximate surface area is 144 Å². The van der Waals surface area contributed by atoms with Crippen LogP contribution in [0.3, 0.4) is 0 Å². The summed E-state index contributed by atoms with van der Waals surface area (Å²) in [5, 5.41) is 13.5. The summed E-state index contributed by atoms with van der Waals surface area (Å²) in [6, 6.07) is 0. The lowest BCUT2D eigenvalue weighted by molar-refractivity contribution is 0.0328. The number of ether oxygens (including phenoxy) is 1. The molecule has 3 rings (SSSR count). The van der Waals surface area contributed by atoms with Crippen molar-refractivity contribution in [2.24, 2.45) is 5.92 Å². The number of carbonyl (C=O) groups is 1. The summed E-state index contributed by atoms with van der Waals surface area (Å²) in [4.78, 5) is 18.8. The summed E-state index contributed by atoms with van der Waals surface area (Å²) >= 11 is 1.41. The summed E-state index contributed by atoms with van der Waals surface area (Å²) in [6.07, 6.45) is 1.64. The van der Waals surface area contributed by atoms with E-state index >= 15 is 0 Å².